The minimum atomic E-state index is -0.0486. The smallest absolute Gasteiger partial charge is 0.317 e. The Morgan fingerprint density at radius 2 is 2.19 bits per heavy atom. The fourth-order valence-electron chi connectivity index (χ4n) is 2.45. The highest BCUT2D eigenvalue weighted by atomic mass is 35.5. The minimum absolute atomic E-state index is 0.0486. The van der Waals surface area contributed by atoms with Crippen LogP contribution in [0.2, 0.25) is 5.02 Å². The molecule has 21 heavy (non-hydrogen) atoms. The van der Waals surface area contributed by atoms with Gasteiger partial charge < -0.3 is 10.2 Å². The molecule has 1 aromatic carbocycles. The van der Waals surface area contributed by atoms with Crippen molar-refractivity contribution in [3.05, 3.63) is 47.2 Å². The molecule has 0 saturated carbocycles. The molecular weight excluding hydrogens is 290 g/mol. The van der Waals surface area contributed by atoms with Crippen LogP contribution in [0.5, 0.6) is 0 Å². The lowest BCUT2D eigenvalue weighted by atomic mass is 10.2. The lowest BCUT2D eigenvalue weighted by Gasteiger charge is -2.17. The highest BCUT2D eigenvalue weighted by Gasteiger charge is 2.27. The van der Waals surface area contributed by atoms with Crippen molar-refractivity contribution >= 4 is 17.6 Å². The number of halogens is 1. The summed E-state index contributed by atoms with van der Waals surface area (Å²) in [6, 6.07) is 7.62. The number of carbonyl (C=O) groups excluding carboxylic acids is 1. The molecule has 1 aliphatic rings. The molecule has 6 nitrogen and oxygen atoms in total. The van der Waals surface area contributed by atoms with Crippen molar-refractivity contribution < 1.29 is 4.79 Å². The number of carbonyl (C=O) groups is 1. The maximum absolute atomic E-state index is 12.1. The molecule has 0 bridgehead atoms. The Balaban J connectivity index is 1.51. The number of aromatic nitrogens is 3. The first-order chi connectivity index (χ1) is 10.2. The second kappa shape index (κ2) is 6.13. The molecule has 0 spiro atoms. The quantitative estimate of drug-likeness (QED) is 0.944. The van der Waals surface area contributed by atoms with E-state index in [2.05, 4.69) is 15.6 Å². The average Bonchev–Trinajstić information content (AvgIpc) is 3.17. The summed E-state index contributed by atoms with van der Waals surface area (Å²) in [7, 11) is 0. The van der Waals surface area contributed by atoms with E-state index in [-0.39, 0.29) is 12.1 Å². The number of hydrogen-bond acceptors (Lipinski definition) is 3. The molecule has 3 rings (SSSR count). The fraction of sp³-hybridized carbons (Fsp3) is 0.357. The van der Waals surface area contributed by atoms with Gasteiger partial charge in [-0.1, -0.05) is 28.9 Å². The van der Waals surface area contributed by atoms with Gasteiger partial charge in [-0.15, -0.1) is 5.10 Å². The van der Waals surface area contributed by atoms with Crippen molar-refractivity contribution in [3.63, 3.8) is 0 Å². The Kier molecular flexibility index (Phi) is 4.06. The van der Waals surface area contributed by atoms with Gasteiger partial charge >= 0.3 is 6.03 Å². The fourth-order valence-corrected chi connectivity index (χ4v) is 2.57. The highest BCUT2D eigenvalue weighted by Crippen LogP contribution is 2.20. The average molecular weight is 306 g/mol. The molecule has 1 atom stereocenters. The number of amides is 2. The summed E-state index contributed by atoms with van der Waals surface area (Å²) >= 11 is 5.83. The van der Waals surface area contributed by atoms with Crippen LogP contribution in [0.1, 0.15) is 18.0 Å². The van der Waals surface area contributed by atoms with Gasteiger partial charge in [0, 0.05) is 30.9 Å². The maximum atomic E-state index is 12.1. The first-order valence-corrected chi connectivity index (χ1v) is 7.23. The molecule has 0 aliphatic carbocycles. The molecule has 1 fully saturated rings. The third-order valence-electron chi connectivity index (χ3n) is 3.62. The van der Waals surface area contributed by atoms with Crippen molar-refractivity contribution in [1.29, 1.82) is 0 Å². The van der Waals surface area contributed by atoms with Crippen molar-refractivity contribution in [1.82, 2.24) is 25.2 Å². The predicted molar refractivity (Wildman–Crippen MR) is 78.9 cm³/mol. The third-order valence-corrected chi connectivity index (χ3v) is 3.87. The van der Waals surface area contributed by atoms with Gasteiger partial charge in [0.25, 0.3) is 0 Å². The van der Waals surface area contributed by atoms with Gasteiger partial charge in [-0.3, -0.25) is 0 Å². The minimum Gasteiger partial charge on any atom is -0.334 e. The Morgan fingerprint density at radius 3 is 2.90 bits per heavy atom. The Bertz CT molecular complexity index is 598. The predicted octanol–water partition coefficient (Wildman–Crippen LogP) is 2.09. The summed E-state index contributed by atoms with van der Waals surface area (Å²) in [4.78, 5) is 14.0. The van der Waals surface area contributed by atoms with Crippen LogP contribution < -0.4 is 5.32 Å². The van der Waals surface area contributed by atoms with Crippen LogP contribution in [0.3, 0.4) is 0 Å². The number of urea groups is 1. The molecule has 1 aromatic heterocycles. The van der Waals surface area contributed by atoms with Gasteiger partial charge in [0.2, 0.25) is 0 Å². The summed E-state index contributed by atoms with van der Waals surface area (Å²) in [5.41, 5.74) is 1.03. The molecule has 2 amide bonds. The number of nitrogens with zero attached hydrogens (tertiary/aromatic N) is 4. The van der Waals surface area contributed by atoms with Crippen LogP contribution >= 0.6 is 11.6 Å². The van der Waals surface area contributed by atoms with Gasteiger partial charge in [-0.25, -0.2) is 9.48 Å². The van der Waals surface area contributed by atoms with Crippen LogP contribution in [0.15, 0.2) is 36.7 Å². The van der Waals surface area contributed by atoms with Crippen molar-refractivity contribution in [3.8, 4) is 0 Å². The van der Waals surface area contributed by atoms with Gasteiger partial charge in [-0.2, -0.15) is 0 Å². The molecule has 0 radical (unpaired) electrons. The van der Waals surface area contributed by atoms with E-state index in [0.717, 1.165) is 18.5 Å². The summed E-state index contributed by atoms with van der Waals surface area (Å²) in [6.45, 7) is 1.90. The van der Waals surface area contributed by atoms with Crippen LogP contribution in [0, 0.1) is 0 Å². The van der Waals surface area contributed by atoms with Crippen molar-refractivity contribution in [2.24, 2.45) is 0 Å². The molecule has 1 aliphatic heterocycles. The molecule has 1 saturated heterocycles. The molecule has 1 N–H and O–H groups in total. The van der Waals surface area contributed by atoms with Crippen LogP contribution in [-0.2, 0) is 6.54 Å². The molecule has 2 heterocycles. The van der Waals surface area contributed by atoms with E-state index in [4.69, 9.17) is 11.6 Å². The zero-order valence-electron chi connectivity index (χ0n) is 11.4. The van der Waals surface area contributed by atoms with Crippen LogP contribution in [-0.4, -0.2) is 39.0 Å². The number of nitrogens with one attached hydrogen (secondary N) is 1. The maximum Gasteiger partial charge on any atom is 0.317 e. The lowest BCUT2D eigenvalue weighted by molar-refractivity contribution is 0.206. The van der Waals surface area contributed by atoms with Crippen LogP contribution in [0.25, 0.3) is 0 Å². The van der Waals surface area contributed by atoms with E-state index in [9.17, 15) is 4.79 Å². The second-order valence-corrected chi connectivity index (χ2v) is 5.49. The molecular formula is C14H16ClN5O. The summed E-state index contributed by atoms with van der Waals surface area (Å²) in [5.74, 6) is 0. The summed E-state index contributed by atoms with van der Waals surface area (Å²) in [6.07, 6.45) is 4.39. The van der Waals surface area contributed by atoms with E-state index in [1.54, 1.807) is 6.20 Å². The zero-order valence-corrected chi connectivity index (χ0v) is 12.2. The van der Waals surface area contributed by atoms with Gasteiger partial charge in [0.05, 0.1) is 12.2 Å². The monoisotopic (exact) mass is 305 g/mol. The summed E-state index contributed by atoms with van der Waals surface area (Å²) in [5, 5.41) is 11.4. The first-order valence-electron chi connectivity index (χ1n) is 6.85. The van der Waals surface area contributed by atoms with Gasteiger partial charge in [-0.05, 0) is 24.1 Å². The van der Waals surface area contributed by atoms with Gasteiger partial charge in [0.1, 0.15) is 0 Å². The Morgan fingerprint density at radius 1 is 1.38 bits per heavy atom. The highest BCUT2D eigenvalue weighted by molar-refractivity contribution is 6.30. The standard InChI is InChI=1S/C14H16ClN5O/c15-12-3-1-11(2-4-12)9-16-14(21)19-7-5-13(10-19)20-8-6-17-18-20/h1-4,6,8,13H,5,7,9-10H2,(H,16,21)/t13-/m1/s1. The Labute approximate surface area is 127 Å². The van der Waals surface area contributed by atoms with Crippen molar-refractivity contribution in [2.75, 3.05) is 13.1 Å². The van der Waals surface area contributed by atoms with Crippen LogP contribution in [0.4, 0.5) is 4.79 Å². The van der Waals surface area contributed by atoms with E-state index in [0.29, 0.717) is 18.1 Å². The topological polar surface area (TPSA) is 63.1 Å². The zero-order chi connectivity index (χ0) is 14.7. The molecule has 7 heteroatoms. The number of rotatable bonds is 3. The van der Waals surface area contributed by atoms with Gasteiger partial charge in [0.15, 0.2) is 0 Å². The third kappa shape index (κ3) is 3.33. The SMILES string of the molecule is O=C(NCc1ccc(Cl)cc1)N1CC[C@@H](n2ccnn2)C1. The first kappa shape index (κ1) is 13.9. The molecule has 0 unspecified atom stereocenters. The summed E-state index contributed by atoms with van der Waals surface area (Å²) < 4.78 is 1.81. The van der Waals surface area contributed by atoms with E-state index < -0.39 is 0 Å². The van der Waals surface area contributed by atoms with Crippen molar-refractivity contribution in [2.45, 2.75) is 19.0 Å². The molecule has 2 aromatic rings. The van der Waals surface area contributed by atoms with E-state index in [1.807, 2.05) is 40.0 Å². The lowest BCUT2D eigenvalue weighted by Crippen LogP contribution is -2.38. The Hall–Kier alpha value is -2.08. The largest absolute Gasteiger partial charge is 0.334 e. The number of benzene rings is 1. The second-order valence-electron chi connectivity index (χ2n) is 5.06. The normalized spacial score (nSPS) is 18.0. The van der Waals surface area contributed by atoms with E-state index >= 15 is 0 Å². The number of likely N-dealkylation sites (tertiary alicyclic amines) is 1. The number of hydrogen-bond donors (Lipinski definition) is 1. The van der Waals surface area contributed by atoms with E-state index in [1.165, 1.54) is 0 Å². The molecule has 110 valence electrons.